The van der Waals surface area contributed by atoms with E-state index in [1.165, 1.54) is 4.90 Å². The van der Waals surface area contributed by atoms with Crippen LogP contribution >= 0.6 is 0 Å². The highest BCUT2D eigenvalue weighted by molar-refractivity contribution is 5.94. The number of carboxylic acid groups (broad SMARTS) is 1. The molecule has 5 amide bonds. The summed E-state index contributed by atoms with van der Waals surface area (Å²) in [7, 11) is 0. The van der Waals surface area contributed by atoms with Crippen LogP contribution < -0.4 is 27.0 Å². The molecule has 178 valence electrons. The molecule has 2 aliphatic heterocycles. The molecule has 0 spiro atoms. The van der Waals surface area contributed by atoms with E-state index in [2.05, 4.69) is 21.3 Å². The monoisotopic (exact) mass is 454 g/mol. The summed E-state index contributed by atoms with van der Waals surface area (Å²) in [6.45, 7) is 0.180. The molecule has 2 heterocycles. The Hall–Kier alpha value is -3.22. The molecule has 0 saturated carbocycles. The first-order valence-electron chi connectivity index (χ1n) is 10.6. The third-order valence-corrected chi connectivity index (χ3v) is 5.39. The molecule has 0 aromatic rings. The zero-order chi connectivity index (χ0) is 23.7. The van der Waals surface area contributed by atoms with E-state index in [1.807, 2.05) is 0 Å². The van der Waals surface area contributed by atoms with Crippen molar-refractivity contribution in [1.29, 1.82) is 0 Å². The van der Waals surface area contributed by atoms with Gasteiger partial charge < -0.3 is 37.0 Å². The molecule has 3 unspecified atom stereocenters. The number of nitrogens with two attached hydrogens (primary N) is 1. The van der Waals surface area contributed by atoms with Gasteiger partial charge in [0.1, 0.15) is 18.6 Å². The van der Waals surface area contributed by atoms with Crippen molar-refractivity contribution in [3.63, 3.8) is 0 Å². The van der Waals surface area contributed by atoms with Crippen LogP contribution in [-0.4, -0.2) is 89.8 Å². The molecule has 3 atom stereocenters. The molecule has 0 aromatic heterocycles. The average Bonchev–Trinajstić information content (AvgIpc) is 3.44. The molecule has 0 bridgehead atoms. The molecule has 0 aliphatic carbocycles. The van der Waals surface area contributed by atoms with Gasteiger partial charge in [-0.15, -0.1) is 0 Å². The van der Waals surface area contributed by atoms with Crippen molar-refractivity contribution in [1.82, 2.24) is 26.2 Å². The third kappa shape index (κ3) is 7.48. The smallest absolute Gasteiger partial charge is 0.322 e. The highest BCUT2D eigenvalue weighted by Crippen LogP contribution is 2.18. The third-order valence-electron chi connectivity index (χ3n) is 5.39. The zero-order valence-electron chi connectivity index (χ0n) is 17.7. The first-order chi connectivity index (χ1) is 15.2. The van der Waals surface area contributed by atoms with Gasteiger partial charge in [-0.1, -0.05) is 0 Å². The molecular formula is C19H30N6O7. The van der Waals surface area contributed by atoms with Crippen LogP contribution in [0.1, 0.15) is 38.5 Å². The van der Waals surface area contributed by atoms with Crippen molar-refractivity contribution in [2.45, 2.75) is 56.7 Å². The summed E-state index contributed by atoms with van der Waals surface area (Å²) in [5.74, 6) is -3.99. The van der Waals surface area contributed by atoms with Crippen molar-refractivity contribution in [3.8, 4) is 0 Å². The fourth-order valence-electron chi connectivity index (χ4n) is 3.74. The maximum Gasteiger partial charge on any atom is 0.322 e. The Morgan fingerprint density at radius 2 is 1.78 bits per heavy atom. The second-order valence-corrected chi connectivity index (χ2v) is 7.79. The number of carbonyl (C=O) groups excluding carboxylic acids is 5. The quantitative estimate of drug-likeness (QED) is 0.187. The molecule has 32 heavy (non-hydrogen) atoms. The Labute approximate surface area is 184 Å². The van der Waals surface area contributed by atoms with Gasteiger partial charge in [-0.2, -0.15) is 0 Å². The van der Waals surface area contributed by atoms with Crippen molar-refractivity contribution < 1.29 is 33.9 Å². The summed E-state index contributed by atoms with van der Waals surface area (Å²) >= 11 is 0. The number of hydrogen-bond donors (Lipinski definition) is 6. The molecule has 13 heteroatoms. The van der Waals surface area contributed by atoms with Gasteiger partial charge >= 0.3 is 5.97 Å². The Balaban J connectivity index is 1.93. The predicted molar refractivity (Wildman–Crippen MR) is 110 cm³/mol. The first kappa shape index (κ1) is 25.0. The van der Waals surface area contributed by atoms with Gasteiger partial charge in [0.05, 0.1) is 12.6 Å². The summed E-state index contributed by atoms with van der Waals surface area (Å²) in [5.41, 5.74) is 5.11. The van der Waals surface area contributed by atoms with Crippen LogP contribution in [0, 0.1) is 0 Å². The number of nitrogens with zero attached hydrogens (tertiary/aromatic N) is 1. The minimum atomic E-state index is -1.26. The van der Waals surface area contributed by atoms with Crippen molar-refractivity contribution in [2.75, 3.05) is 26.2 Å². The second kappa shape index (κ2) is 12.0. The van der Waals surface area contributed by atoms with E-state index in [0.29, 0.717) is 25.8 Å². The molecule has 0 radical (unpaired) electrons. The minimum absolute atomic E-state index is 0.113. The van der Waals surface area contributed by atoms with E-state index < -0.39 is 48.2 Å². The average molecular weight is 454 g/mol. The molecule has 2 aliphatic rings. The van der Waals surface area contributed by atoms with Gasteiger partial charge in [-0.05, 0) is 38.6 Å². The Bertz CT molecular complexity index is 752. The van der Waals surface area contributed by atoms with Crippen LogP contribution in [-0.2, 0) is 28.8 Å². The van der Waals surface area contributed by atoms with E-state index in [-0.39, 0.29) is 31.3 Å². The van der Waals surface area contributed by atoms with E-state index in [4.69, 9.17) is 10.8 Å². The highest BCUT2D eigenvalue weighted by atomic mass is 16.4. The number of primary amides is 1. The molecule has 7 N–H and O–H groups in total. The number of carboxylic acids is 1. The van der Waals surface area contributed by atoms with Crippen molar-refractivity contribution >= 4 is 35.5 Å². The molecule has 2 rings (SSSR count). The predicted octanol–water partition coefficient (Wildman–Crippen LogP) is -3.20. The number of likely N-dealkylation sites (tertiary alicyclic amines) is 1. The van der Waals surface area contributed by atoms with Crippen molar-refractivity contribution in [2.24, 2.45) is 5.73 Å². The summed E-state index contributed by atoms with van der Waals surface area (Å²) in [6, 6.07) is -2.34. The van der Waals surface area contributed by atoms with Crippen LogP contribution in [0.3, 0.4) is 0 Å². The molecule has 0 aromatic carbocycles. The summed E-state index contributed by atoms with van der Waals surface area (Å²) < 4.78 is 0. The van der Waals surface area contributed by atoms with Crippen LogP contribution in [0.25, 0.3) is 0 Å². The largest absolute Gasteiger partial charge is 0.480 e. The lowest BCUT2D eigenvalue weighted by molar-refractivity contribution is -0.140. The standard InChI is InChI=1S/C19H30N6O7/c20-14(26)6-5-12(18(31)23-10-16(28)29)24-19(32)13-4-2-8-25(13)15(27)9-22-17(30)11-3-1-7-21-11/h11-13,21H,1-10H2,(H2,20,26)(H,22,30)(H,23,31)(H,24,32)(H,28,29). The van der Waals surface area contributed by atoms with Crippen LogP contribution in [0.15, 0.2) is 0 Å². The number of nitrogens with one attached hydrogen (secondary N) is 4. The fourth-order valence-corrected chi connectivity index (χ4v) is 3.74. The van der Waals surface area contributed by atoms with E-state index in [0.717, 1.165) is 13.0 Å². The lowest BCUT2D eigenvalue weighted by Gasteiger charge is -2.26. The van der Waals surface area contributed by atoms with Gasteiger partial charge in [-0.25, -0.2) is 0 Å². The van der Waals surface area contributed by atoms with Gasteiger partial charge in [-0.3, -0.25) is 28.8 Å². The lowest BCUT2D eigenvalue weighted by Crippen LogP contribution is -2.55. The van der Waals surface area contributed by atoms with Gasteiger partial charge in [0, 0.05) is 13.0 Å². The number of rotatable bonds is 11. The second-order valence-electron chi connectivity index (χ2n) is 7.79. The first-order valence-corrected chi connectivity index (χ1v) is 10.6. The molecule has 2 fully saturated rings. The topological polar surface area (TPSA) is 200 Å². The molecule has 13 nitrogen and oxygen atoms in total. The van der Waals surface area contributed by atoms with E-state index in [1.54, 1.807) is 0 Å². The van der Waals surface area contributed by atoms with Crippen molar-refractivity contribution in [3.05, 3.63) is 0 Å². The SMILES string of the molecule is NC(=O)CCC(NC(=O)C1CCCN1C(=O)CNC(=O)C1CCCN1)C(=O)NCC(=O)O. The molecular weight excluding hydrogens is 424 g/mol. The highest BCUT2D eigenvalue weighted by Gasteiger charge is 2.36. The van der Waals surface area contributed by atoms with Crippen LogP contribution in [0.4, 0.5) is 0 Å². The summed E-state index contributed by atoms with van der Waals surface area (Å²) in [5, 5.41) is 19.0. The normalized spacial score (nSPS) is 20.9. The number of aliphatic carboxylic acids is 1. The van der Waals surface area contributed by atoms with E-state index >= 15 is 0 Å². The maximum atomic E-state index is 12.8. The Morgan fingerprint density at radius 3 is 2.41 bits per heavy atom. The number of hydrogen-bond acceptors (Lipinski definition) is 7. The minimum Gasteiger partial charge on any atom is -0.480 e. The van der Waals surface area contributed by atoms with Crippen LogP contribution in [0.5, 0.6) is 0 Å². The zero-order valence-corrected chi connectivity index (χ0v) is 17.7. The van der Waals surface area contributed by atoms with Gasteiger partial charge in [0.2, 0.25) is 29.5 Å². The lowest BCUT2D eigenvalue weighted by atomic mass is 10.1. The molecule has 2 saturated heterocycles. The van der Waals surface area contributed by atoms with Gasteiger partial charge in [0.25, 0.3) is 0 Å². The summed E-state index contributed by atoms with van der Waals surface area (Å²) in [6.07, 6.45) is 2.22. The fraction of sp³-hybridized carbons (Fsp3) is 0.684. The van der Waals surface area contributed by atoms with Gasteiger partial charge in [0.15, 0.2) is 0 Å². The maximum absolute atomic E-state index is 12.8. The van der Waals surface area contributed by atoms with E-state index in [9.17, 15) is 28.8 Å². The van der Waals surface area contributed by atoms with Crippen LogP contribution in [0.2, 0.25) is 0 Å². The Morgan fingerprint density at radius 1 is 1.03 bits per heavy atom. The Kier molecular flexibility index (Phi) is 9.38. The number of carbonyl (C=O) groups is 6. The number of amides is 5. The summed E-state index contributed by atoms with van der Waals surface area (Å²) in [4.78, 5) is 72.8.